The second-order valence-corrected chi connectivity index (χ2v) is 1.59. The zero-order chi connectivity index (χ0) is 6.69. The molecule has 0 atom stereocenters. The molecule has 1 aliphatic carbocycles. The molecular weight excluding hydrogens is 300 g/mol. The number of aliphatic hydroxyl groups excluding tert-OH is 1. The summed E-state index contributed by atoms with van der Waals surface area (Å²) in [6, 6.07) is 0. The zero-order valence-corrected chi connectivity index (χ0v) is 8.01. The van der Waals surface area contributed by atoms with Crippen LogP contribution in [0.3, 0.4) is 0 Å². The predicted octanol–water partition coefficient (Wildman–Crippen LogP) is 0.924. The van der Waals surface area contributed by atoms with Crippen LogP contribution in [0.5, 0.6) is 0 Å². The fourth-order valence-electron chi connectivity index (χ4n) is 0.530. The van der Waals surface area contributed by atoms with Gasteiger partial charge < -0.3 is 9.90 Å². The molecule has 1 N–H and O–H groups in total. The Balaban J connectivity index is 0.000000810. The van der Waals surface area contributed by atoms with Crippen molar-refractivity contribution >= 4 is 5.78 Å². The average Bonchev–Trinajstić information content (AvgIpc) is 1.89. The van der Waals surface area contributed by atoms with Crippen LogP contribution in [0.1, 0.15) is 0 Å². The summed E-state index contributed by atoms with van der Waals surface area (Å²) in [4.78, 5) is 10.6. The molecule has 0 radical (unpaired) electrons. The monoisotopic (exact) mass is 305 g/mol. The second-order valence-electron chi connectivity index (χ2n) is 1.59. The van der Waals surface area contributed by atoms with Crippen molar-refractivity contribution in [1.29, 1.82) is 0 Å². The van der Waals surface area contributed by atoms with Gasteiger partial charge in [0.15, 0.2) is 0 Å². The van der Waals surface area contributed by atoms with E-state index < -0.39 is 0 Å². The Morgan fingerprint density at radius 1 is 1.60 bits per heavy atom. The minimum absolute atomic E-state index is 0. The summed E-state index contributed by atoms with van der Waals surface area (Å²) in [5, 5.41) is 8.37. The standard InChI is InChI=1S/C7H5O2.W/c8-5-6-3-1-2-4-7(6)9;/h2-5,8H;/q-1;/b6-5-;. The summed E-state index contributed by atoms with van der Waals surface area (Å²) in [6.45, 7) is 0. The van der Waals surface area contributed by atoms with Gasteiger partial charge in [0.2, 0.25) is 0 Å². The van der Waals surface area contributed by atoms with Gasteiger partial charge in [0.25, 0.3) is 0 Å². The van der Waals surface area contributed by atoms with E-state index in [0.717, 1.165) is 6.26 Å². The second kappa shape index (κ2) is 4.23. The van der Waals surface area contributed by atoms with Gasteiger partial charge in [-0.2, -0.15) is 18.2 Å². The number of rotatable bonds is 0. The van der Waals surface area contributed by atoms with Gasteiger partial charge in [-0.3, -0.25) is 0 Å². The van der Waals surface area contributed by atoms with Crippen molar-refractivity contribution in [3.8, 4) is 0 Å². The largest absolute Gasteiger partial charge is 0.528 e. The van der Waals surface area contributed by atoms with Gasteiger partial charge in [0.1, 0.15) is 0 Å². The molecule has 0 aromatic heterocycles. The number of hydrogen-bond donors (Lipinski definition) is 1. The van der Waals surface area contributed by atoms with Crippen molar-refractivity contribution in [1.82, 2.24) is 0 Å². The zero-order valence-electron chi connectivity index (χ0n) is 5.07. The van der Waals surface area contributed by atoms with Gasteiger partial charge in [-0.1, -0.05) is 5.57 Å². The summed E-state index contributed by atoms with van der Waals surface area (Å²) < 4.78 is 0. The summed E-state index contributed by atoms with van der Waals surface area (Å²) in [5.74, 6) is -0.184. The average molecular weight is 305 g/mol. The van der Waals surface area contributed by atoms with Crippen LogP contribution in [0.2, 0.25) is 0 Å². The molecule has 0 fully saturated rings. The van der Waals surface area contributed by atoms with Crippen LogP contribution < -0.4 is 0 Å². The quantitative estimate of drug-likeness (QED) is 0.411. The molecule has 0 spiro atoms. The van der Waals surface area contributed by atoms with Crippen molar-refractivity contribution in [3.63, 3.8) is 0 Å². The number of aliphatic hydroxyl groups is 1. The smallest absolute Gasteiger partial charge is 0.0814 e. The Kier molecular flexibility index (Phi) is 3.97. The molecule has 0 saturated heterocycles. The van der Waals surface area contributed by atoms with E-state index in [4.69, 9.17) is 5.11 Å². The van der Waals surface area contributed by atoms with Gasteiger partial charge in [-0.05, 0) is 0 Å². The van der Waals surface area contributed by atoms with Crippen molar-refractivity contribution in [2.24, 2.45) is 0 Å². The topological polar surface area (TPSA) is 37.3 Å². The van der Waals surface area contributed by atoms with E-state index in [1.54, 1.807) is 0 Å². The molecule has 0 saturated carbocycles. The molecule has 0 aromatic rings. The molecule has 0 bridgehead atoms. The minimum Gasteiger partial charge on any atom is -0.528 e. The van der Waals surface area contributed by atoms with Crippen LogP contribution >= 0.6 is 0 Å². The molecule has 0 aliphatic heterocycles. The summed E-state index contributed by atoms with van der Waals surface area (Å²) >= 11 is 0. The first-order valence-corrected chi connectivity index (χ1v) is 2.49. The van der Waals surface area contributed by atoms with E-state index in [-0.39, 0.29) is 32.4 Å². The molecule has 1 rings (SSSR count). The van der Waals surface area contributed by atoms with E-state index in [0.29, 0.717) is 0 Å². The van der Waals surface area contributed by atoms with E-state index in [2.05, 4.69) is 6.08 Å². The molecule has 0 heterocycles. The van der Waals surface area contributed by atoms with Gasteiger partial charge in [-0.25, -0.2) is 0 Å². The van der Waals surface area contributed by atoms with Crippen LogP contribution in [0, 0.1) is 6.08 Å². The Morgan fingerprint density at radius 3 is 2.70 bits per heavy atom. The fraction of sp³-hybridized carbons (Fsp3) is 0. The van der Waals surface area contributed by atoms with Gasteiger partial charge in [-0.15, -0.1) is 6.08 Å². The summed E-state index contributed by atoms with van der Waals surface area (Å²) in [6.07, 6.45) is 7.73. The first-order chi connectivity index (χ1) is 4.34. The number of carbonyl (C=O) groups is 1. The molecule has 0 unspecified atom stereocenters. The Bertz CT molecular complexity index is 214. The Hall–Kier alpha value is -0.622. The first kappa shape index (κ1) is 9.38. The maximum atomic E-state index is 10.6. The minimum atomic E-state index is -0.184. The third-order valence-electron chi connectivity index (χ3n) is 0.993. The van der Waals surface area contributed by atoms with Gasteiger partial charge >= 0.3 is 0 Å². The molecular formula is C7H5O2W-. The molecule has 10 heavy (non-hydrogen) atoms. The molecule has 0 amide bonds. The molecule has 1 aliphatic rings. The Labute approximate surface area is 73.2 Å². The number of hydrogen-bond acceptors (Lipinski definition) is 2. The van der Waals surface area contributed by atoms with E-state index >= 15 is 0 Å². The molecule has 3 heteroatoms. The van der Waals surface area contributed by atoms with Crippen LogP contribution in [0.4, 0.5) is 0 Å². The maximum Gasteiger partial charge on any atom is 0.0814 e. The summed E-state index contributed by atoms with van der Waals surface area (Å²) in [7, 11) is 0. The number of ketones is 1. The fourth-order valence-corrected chi connectivity index (χ4v) is 0.530. The van der Waals surface area contributed by atoms with E-state index in [9.17, 15) is 4.79 Å². The number of allylic oxidation sites excluding steroid dienone is 5. The maximum absolute atomic E-state index is 10.6. The Morgan fingerprint density at radius 2 is 2.30 bits per heavy atom. The third kappa shape index (κ3) is 1.96. The van der Waals surface area contributed by atoms with Crippen molar-refractivity contribution < 1.29 is 31.0 Å². The summed E-state index contributed by atoms with van der Waals surface area (Å²) in [5.41, 5.74) is 0.275. The van der Waals surface area contributed by atoms with Crippen LogP contribution in [0.25, 0.3) is 0 Å². The van der Waals surface area contributed by atoms with Crippen molar-refractivity contribution in [3.05, 3.63) is 36.1 Å². The third-order valence-corrected chi connectivity index (χ3v) is 0.993. The van der Waals surface area contributed by atoms with Gasteiger partial charge in [0, 0.05) is 27.3 Å². The van der Waals surface area contributed by atoms with Crippen molar-refractivity contribution in [2.45, 2.75) is 0 Å². The normalized spacial score (nSPS) is 19.2. The molecule has 0 aromatic carbocycles. The van der Waals surface area contributed by atoms with Crippen LogP contribution in [0.15, 0.2) is 30.1 Å². The van der Waals surface area contributed by atoms with Crippen LogP contribution in [-0.2, 0) is 25.9 Å². The first-order valence-electron chi connectivity index (χ1n) is 2.49. The molecule has 2 nitrogen and oxygen atoms in total. The number of carbonyl (C=O) groups excluding carboxylic acids is 1. The van der Waals surface area contributed by atoms with E-state index in [1.165, 1.54) is 18.2 Å². The SMILES string of the molecule is O=C1C=C[C-]=C/C1=C/O.[W]. The molecule has 52 valence electrons. The van der Waals surface area contributed by atoms with Crippen molar-refractivity contribution in [2.75, 3.05) is 0 Å². The van der Waals surface area contributed by atoms with E-state index in [1.807, 2.05) is 0 Å². The van der Waals surface area contributed by atoms with Gasteiger partial charge in [0.05, 0.1) is 5.78 Å². The predicted molar refractivity (Wildman–Crippen MR) is 32.7 cm³/mol. The van der Waals surface area contributed by atoms with Crippen LogP contribution in [-0.4, -0.2) is 10.9 Å².